The van der Waals surface area contributed by atoms with Crippen molar-refractivity contribution in [2.45, 2.75) is 37.9 Å². The summed E-state index contributed by atoms with van der Waals surface area (Å²) in [5.74, 6) is 0. The van der Waals surface area contributed by atoms with Crippen LogP contribution in [0.2, 0.25) is 5.02 Å². The molecular formula is C13H17ClN2. The van der Waals surface area contributed by atoms with E-state index >= 15 is 0 Å². The van der Waals surface area contributed by atoms with E-state index in [9.17, 15) is 0 Å². The Bertz CT molecular complexity index is 405. The quantitative estimate of drug-likeness (QED) is 0.751. The summed E-state index contributed by atoms with van der Waals surface area (Å²) in [6.07, 6.45) is 3.82. The van der Waals surface area contributed by atoms with E-state index in [1.165, 1.54) is 36.9 Å². The molecule has 0 bridgehead atoms. The molecular weight excluding hydrogens is 220 g/mol. The summed E-state index contributed by atoms with van der Waals surface area (Å²) in [7, 11) is 0. The Labute approximate surface area is 101 Å². The molecule has 2 nitrogen and oxygen atoms in total. The Kier molecular flexibility index (Phi) is 2.66. The molecule has 16 heavy (non-hydrogen) atoms. The molecule has 0 aliphatic carbocycles. The topological polar surface area (TPSA) is 29.3 Å². The monoisotopic (exact) mass is 236 g/mol. The van der Waals surface area contributed by atoms with Crippen molar-refractivity contribution in [1.82, 2.24) is 4.90 Å². The van der Waals surface area contributed by atoms with Gasteiger partial charge in [0, 0.05) is 23.7 Å². The highest BCUT2D eigenvalue weighted by molar-refractivity contribution is 6.31. The zero-order valence-electron chi connectivity index (χ0n) is 9.32. The minimum atomic E-state index is 0.0951. The lowest BCUT2D eigenvalue weighted by molar-refractivity contribution is 0.105. The zero-order chi connectivity index (χ0) is 11.1. The van der Waals surface area contributed by atoms with Gasteiger partial charge in [0.25, 0.3) is 0 Å². The van der Waals surface area contributed by atoms with Crippen molar-refractivity contribution >= 4 is 11.6 Å². The van der Waals surface area contributed by atoms with E-state index < -0.39 is 0 Å². The average Bonchev–Trinajstić information content (AvgIpc) is 2.29. The Hall–Kier alpha value is -0.570. The Morgan fingerprint density at radius 1 is 1.31 bits per heavy atom. The normalized spacial score (nSPS) is 29.6. The van der Waals surface area contributed by atoms with Crippen LogP contribution in [0.1, 0.15) is 36.4 Å². The standard InChI is InChI=1S/C13H17ClN2/c14-10-5-3-4-9-8-16-7-2-1-6-11(16)13(15)12(9)10/h3-5,11,13H,1-2,6-8,15H2. The van der Waals surface area contributed by atoms with E-state index in [2.05, 4.69) is 11.0 Å². The molecule has 2 aliphatic rings. The number of hydrogen-bond acceptors (Lipinski definition) is 2. The molecule has 2 aliphatic heterocycles. The van der Waals surface area contributed by atoms with Gasteiger partial charge in [-0.3, -0.25) is 4.90 Å². The van der Waals surface area contributed by atoms with Gasteiger partial charge in [-0.15, -0.1) is 0 Å². The second-order valence-electron chi connectivity index (χ2n) is 4.87. The van der Waals surface area contributed by atoms with Crippen LogP contribution in [0.25, 0.3) is 0 Å². The van der Waals surface area contributed by atoms with Crippen molar-refractivity contribution in [2.24, 2.45) is 5.73 Å². The van der Waals surface area contributed by atoms with Gasteiger partial charge in [-0.2, -0.15) is 0 Å². The molecule has 1 fully saturated rings. The first kappa shape index (κ1) is 10.6. The van der Waals surface area contributed by atoms with Gasteiger partial charge < -0.3 is 5.73 Å². The maximum atomic E-state index is 6.38. The van der Waals surface area contributed by atoms with Crippen molar-refractivity contribution in [3.63, 3.8) is 0 Å². The molecule has 3 rings (SSSR count). The van der Waals surface area contributed by atoms with Gasteiger partial charge in [-0.1, -0.05) is 30.2 Å². The number of nitrogens with zero attached hydrogens (tertiary/aromatic N) is 1. The number of piperidine rings is 1. The van der Waals surface area contributed by atoms with E-state index in [1.807, 2.05) is 12.1 Å². The number of benzene rings is 1. The van der Waals surface area contributed by atoms with Crippen molar-refractivity contribution in [1.29, 1.82) is 0 Å². The first-order chi connectivity index (χ1) is 7.77. The Morgan fingerprint density at radius 3 is 3.06 bits per heavy atom. The number of hydrogen-bond donors (Lipinski definition) is 1. The van der Waals surface area contributed by atoms with Crippen LogP contribution in [0.3, 0.4) is 0 Å². The molecule has 1 aromatic carbocycles. The molecule has 2 unspecified atom stereocenters. The molecule has 2 heterocycles. The maximum absolute atomic E-state index is 6.38. The highest BCUT2D eigenvalue weighted by Gasteiger charge is 2.35. The third-order valence-corrected chi connectivity index (χ3v) is 4.26. The highest BCUT2D eigenvalue weighted by atomic mass is 35.5. The van der Waals surface area contributed by atoms with Gasteiger partial charge in [0.2, 0.25) is 0 Å². The van der Waals surface area contributed by atoms with Gasteiger partial charge in [-0.05, 0) is 36.6 Å². The van der Waals surface area contributed by atoms with Crippen LogP contribution in [0.5, 0.6) is 0 Å². The fourth-order valence-corrected chi connectivity index (χ4v) is 3.44. The second-order valence-corrected chi connectivity index (χ2v) is 5.28. The van der Waals surface area contributed by atoms with Crippen LogP contribution in [-0.4, -0.2) is 17.5 Å². The summed E-state index contributed by atoms with van der Waals surface area (Å²) < 4.78 is 0. The largest absolute Gasteiger partial charge is 0.323 e. The van der Waals surface area contributed by atoms with Crippen LogP contribution in [0.4, 0.5) is 0 Å². The van der Waals surface area contributed by atoms with E-state index in [1.54, 1.807) is 0 Å². The van der Waals surface area contributed by atoms with Crippen molar-refractivity contribution in [3.8, 4) is 0 Å². The van der Waals surface area contributed by atoms with Gasteiger partial charge in [-0.25, -0.2) is 0 Å². The lowest BCUT2D eigenvalue weighted by Gasteiger charge is -2.44. The van der Waals surface area contributed by atoms with E-state index in [4.69, 9.17) is 17.3 Å². The van der Waals surface area contributed by atoms with Crippen LogP contribution in [0.15, 0.2) is 18.2 Å². The van der Waals surface area contributed by atoms with Gasteiger partial charge in [0.1, 0.15) is 0 Å². The molecule has 0 amide bonds. The summed E-state index contributed by atoms with van der Waals surface area (Å²) in [5.41, 5.74) is 8.88. The van der Waals surface area contributed by atoms with Crippen LogP contribution in [0, 0.1) is 0 Å². The molecule has 2 atom stereocenters. The van der Waals surface area contributed by atoms with Crippen molar-refractivity contribution in [3.05, 3.63) is 34.3 Å². The third-order valence-electron chi connectivity index (χ3n) is 3.93. The summed E-state index contributed by atoms with van der Waals surface area (Å²) in [6, 6.07) is 6.74. The van der Waals surface area contributed by atoms with Crippen LogP contribution < -0.4 is 5.73 Å². The van der Waals surface area contributed by atoms with Gasteiger partial charge >= 0.3 is 0 Å². The van der Waals surface area contributed by atoms with Crippen molar-refractivity contribution in [2.75, 3.05) is 6.54 Å². The van der Waals surface area contributed by atoms with Gasteiger partial charge in [0.05, 0.1) is 0 Å². The minimum absolute atomic E-state index is 0.0951. The lowest BCUT2D eigenvalue weighted by Crippen LogP contribution is -2.48. The molecule has 86 valence electrons. The van der Waals surface area contributed by atoms with Crippen LogP contribution >= 0.6 is 11.6 Å². The van der Waals surface area contributed by atoms with E-state index in [0.717, 1.165) is 11.6 Å². The summed E-state index contributed by atoms with van der Waals surface area (Å²) >= 11 is 6.27. The molecule has 0 saturated carbocycles. The number of halogens is 1. The molecule has 1 saturated heterocycles. The summed E-state index contributed by atoms with van der Waals surface area (Å²) in [6.45, 7) is 2.21. The summed E-state index contributed by atoms with van der Waals surface area (Å²) in [5, 5.41) is 0.843. The van der Waals surface area contributed by atoms with Crippen molar-refractivity contribution < 1.29 is 0 Å². The molecule has 0 aromatic heterocycles. The summed E-state index contributed by atoms with van der Waals surface area (Å²) in [4.78, 5) is 2.52. The highest BCUT2D eigenvalue weighted by Crippen LogP contribution is 2.38. The van der Waals surface area contributed by atoms with Gasteiger partial charge in [0.15, 0.2) is 0 Å². The van der Waals surface area contributed by atoms with Crippen LogP contribution in [-0.2, 0) is 6.54 Å². The van der Waals surface area contributed by atoms with E-state index in [-0.39, 0.29) is 6.04 Å². The fraction of sp³-hybridized carbons (Fsp3) is 0.538. The van der Waals surface area contributed by atoms with E-state index in [0.29, 0.717) is 6.04 Å². The SMILES string of the molecule is NC1c2c(Cl)cccc2CN2CCCCC12. The lowest BCUT2D eigenvalue weighted by atomic mass is 9.85. The number of nitrogens with two attached hydrogens (primary N) is 1. The second kappa shape index (κ2) is 4.02. The molecule has 0 spiro atoms. The Morgan fingerprint density at radius 2 is 2.19 bits per heavy atom. The number of rotatable bonds is 0. The first-order valence-corrected chi connectivity index (χ1v) is 6.42. The first-order valence-electron chi connectivity index (χ1n) is 6.04. The molecule has 3 heteroatoms. The fourth-order valence-electron chi connectivity index (χ4n) is 3.12. The maximum Gasteiger partial charge on any atom is 0.0471 e. The molecule has 2 N–H and O–H groups in total. The molecule has 1 aromatic rings. The predicted octanol–water partition coefficient (Wildman–Crippen LogP) is 2.71. The number of fused-ring (bicyclic) bond motifs is 2. The molecule has 0 radical (unpaired) electrons. The Balaban J connectivity index is 2.03. The smallest absolute Gasteiger partial charge is 0.0471 e. The minimum Gasteiger partial charge on any atom is -0.323 e. The zero-order valence-corrected chi connectivity index (χ0v) is 10.1. The predicted molar refractivity (Wildman–Crippen MR) is 66.4 cm³/mol. The third kappa shape index (κ3) is 1.56. The average molecular weight is 237 g/mol.